The Hall–Kier alpha value is -2.70. The average molecular weight is 457 g/mol. The largest absolute Gasteiger partial charge is 0.300 e. The Morgan fingerprint density at radius 1 is 1.09 bits per heavy atom. The summed E-state index contributed by atoms with van der Waals surface area (Å²) < 4.78 is 21.2. The van der Waals surface area contributed by atoms with E-state index in [0.717, 1.165) is 17.4 Å². The molecule has 2 aromatic carbocycles. The molecule has 0 N–H and O–H groups in total. The monoisotopic (exact) mass is 456 g/mol. The zero-order valence-corrected chi connectivity index (χ0v) is 19.9. The maximum atomic E-state index is 11.7. The fraction of sp³-hybridized carbons (Fsp3) is 0.308. The number of thiophene rings is 1. The lowest BCUT2D eigenvalue weighted by Gasteiger charge is -2.29. The second-order valence-corrected chi connectivity index (χ2v) is 8.63. The van der Waals surface area contributed by atoms with E-state index in [-0.39, 0.29) is 0 Å². The number of carbonyl (C=O) groups is 1. The minimum Gasteiger partial charge on any atom is -0.300 e. The predicted octanol–water partition coefficient (Wildman–Crippen LogP) is 6.57. The topological polar surface area (TPSA) is 32.7 Å². The number of carbonyl (C=O) groups excluding carboxylic acids is 1. The summed E-state index contributed by atoms with van der Waals surface area (Å²) >= 11 is 1.74. The normalized spacial score (nSPS) is 13.2. The Morgan fingerprint density at radius 2 is 1.72 bits per heavy atom. The highest BCUT2D eigenvalue weighted by Gasteiger charge is 2.21. The van der Waals surface area contributed by atoms with Crippen LogP contribution in [0.3, 0.4) is 0 Å². The molecule has 6 heteroatoms. The maximum absolute atomic E-state index is 11.7. The van der Waals surface area contributed by atoms with E-state index < -0.39 is 6.17 Å². The molecule has 1 aliphatic heterocycles. The molecule has 32 heavy (non-hydrogen) atoms. The fourth-order valence-electron chi connectivity index (χ4n) is 3.50. The van der Waals surface area contributed by atoms with Crippen LogP contribution in [0.4, 0.5) is 8.78 Å². The molecular formula is C26H30F2N2OS. The number of alkyl halides is 2. The van der Waals surface area contributed by atoms with Crippen molar-refractivity contribution in [3.63, 3.8) is 0 Å². The van der Waals surface area contributed by atoms with Crippen molar-refractivity contribution in [3.8, 4) is 22.3 Å². The van der Waals surface area contributed by atoms with E-state index in [1.807, 2.05) is 36.2 Å². The van der Waals surface area contributed by atoms with Gasteiger partial charge in [0.2, 0.25) is 0 Å². The standard InChI is InChI=1S/C21H19NOS.C4H8FN.CH3F/c1-14-10-18(17-6-4-16(12-23)5-7-17)8-9-19(14)20-13-24-21(11-22-3)15(20)2;1-6-2-4(5)3-6;1-2/h4-10,12-13H,3,11H2,1-2H3;4H,2-3H2,1H3;1H3. The lowest BCUT2D eigenvalue weighted by molar-refractivity contribution is 0.0915. The van der Waals surface area contributed by atoms with Crippen molar-refractivity contribution in [2.75, 3.05) is 27.3 Å². The van der Waals surface area contributed by atoms with Gasteiger partial charge >= 0.3 is 0 Å². The molecule has 0 amide bonds. The van der Waals surface area contributed by atoms with E-state index in [2.05, 4.69) is 49.1 Å². The van der Waals surface area contributed by atoms with Gasteiger partial charge in [-0.05, 0) is 66.4 Å². The molecule has 2 heterocycles. The number of aryl methyl sites for hydroxylation is 1. The number of hydrogen-bond acceptors (Lipinski definition) is 4. The summed E-state index contributed by atoms with van der Waals surface area (Å²) in [5.41, 5.74) is 8.05. The fourth-order valence-corrected chi connectivity index (χ4v) is 4.52. The Morgan fingerprint density at radius 3 is 2.19 bits per heavy atom. The molecule has 0 unspecified atom stereocenters. The Kier molecular flexibility index (Phi) is 9.88. The van der Waals surface area contributed by atoms with Crippen molar-refractivity contribution in [2.24, 2.45) is 4.99 Å². The zero-order valence-electron chi connectivity index (χ0n) is 19.1. The van der Waals surface area contributed by atoms with Gasteiger partial charge in [-0.3, -0.25) is 14.2 Å². The number of halogens is 2. The third kappa shape index (κ3) is 6.40. The predicted molar refractivity (Wildman–Crippen MR) is 133 cm³/mol. The van der Waals surface area contributed by atoms with Crippen LogP contribution in [0.1, 0.15) is 26.4 Å². The summed E-state index contributed by atoms with van der Waals surface area (Å²) in [5, 5.41) is 2.21. The van der Waals surface area contributed by atoms with Crippen molar-refractivity contribution in [3.05, 3.63) is 69.4 Å². The van der Waals surface area contributed by atoms with Crippen LogP contribution in [-0.4, -0.2) is 51.4 Å². The first kappa shape index (κ1) is 25.6. The van der Waals surface area contributed by atoms with Gasteiger partial charge in [0.25, 0.3) is 0 Å². The maximum Gasteiger partial charge on any atom is 0.150 e. The highest BCUT2D eigenvalue weighted by atomic mass is 32.1. The van der Waals surface area contributed by atoms with Gasteiger partial charge in [-0.25, -0.2) is 4.39 Å². The first-order valence-corrected chi connectivity index (χ1v) is 11.2. The van der Waals surface area contributed by atoms with Crippen molar-refractivity contribution >= 4 is 24.3 Å². The Labute approximate surface area is 193 Å². The molecule has 0 bridgehead atoms. The quantitative estimate of drug-likeness (QED) is 0.321. The SMILES string of the molecule is C=NCc1scc(-c2ccc(-c3ccc(C=O)cc3)cc2C)c1C.CF.CN1CC(F)C1. The van der Waals surface area contributed by atoms with Gasteiger partial charge in [0.15, 0.2) is 0 Å². The molecule has 170 valence electrons. The molecule has 3 aromatic rings. The molecule has 0 radical (unpaired) electrons. The van der Waals surface area contributed by atoms with Gasteiger partial charge in [0, 0.05) is 23.5 Å². The van der Waals surface area contributed by atoms with Crippen molar-refractivity contribution < 1.29 is 13.6 Å². The molecule has 4 rings (SSSR count). The average Bonchev–Trinajstić information content (AvgIpc) is 3.15. The molecule has 0 saturated carbocycles. The number of benzene rings is 2. The number of likely N-dealkylation sites (tertiary alicyclic amines) is 1. The molecule has 1 saturated heterocycles. The van der Waals surface area contributed by atoms with Gasteiger partial charge < -0.3 is 4.90 Å². The van der Waals surface area contributed by atoms with E-state index in [1.54, 1.807) is 11.3 Å². The van der Waals surface area contributed by atoms with Gasteiger partial charge in [-0.2, -0.15) is 0 Å². The number of rotatable bonds is 5. The van der Waals surface area contributed by atoms with E-state index >= 15 is 0 Å². The molecule has 3 nitrogen and oxygen atoms in total. The minimum absolute atomic E-state index is 0.500. The van der Waals surface area contributed by atoms with Crippen LogP contribution in [0.15, 0.2) is 52.8 Å². The van der Waals surface area contributed by atoms with Crippen LogP contribution in [0.25, 0.3) is 22.3 Å². The summed E-state index contributed by atoms with van der Waals surface area (Å²) in [6.45, 7) is 9.83. The molecular weight excluding hydrogens is 426 g/mol. The molecule has 1 aromatic heterocycles. The number of aliphatic imine (C=N–C) groups is 1. The smallest absolute Gasteiger partial charge is 0.150 e. The second kappa shape index (κ2) is 12.4. The number of nitrogens with zero attached hydrogens (tertiary/aromatic N) is 2. The summed E-state index contributed by atoms with van der Waals surface area (Å²) in [5.74, 6) is 0. The first-order valence-electron chi connectivity index (χ1n) is 10.3. The number of hydrogen-bond donors (Lipinski definition) is 0. The highest BCUT2D eigenvalue weighted by Crippen LogP contribution is 2.35. The third-order valence-corrected chi connectivity index (χ3v) is 6.39. The number of aldehydes is 1. The van der Waals surface area contributed by atoms with E-state index in [9.17, 15) is 13.6 Å². The zero-order chi connectivity index (χ0) is 23.7. The molecule has 1 aliphatic rings. The van der Waals surface area contributed by atoms with Crippen LogP contribution in [-0.2, 0) is 6.54 Å². The summed E-state index contributed by atoms with van der Waals surface area (Å²) in [7, 11) is 2.41. The van der Waals surface area contributed by atoms with Crippen molar-refractivity contribution in [2.45, 2.75) is 26.6 Å². The van der Waals surface area contributed by atoms with Gasteiger partial charge in [-0.15, -0.1) is 11.3 Å². The summed E-state index contributed by atoms with van der Waals surface area (Å²) in [6.07, 6.45) is 0.336. The van der Waals surface area contributed by atoms with Crippen molar-refractivity contribution in [1.82, 2.24) is 4.90 Å². The van der Waals surface area contributed by atoms with Gasteiger partial charge in [0.1, 0.15) is 12.5 Å². The van der Waals surface area contributed by atoms with Crippen LogP contribution in [0.5, 0.6) is 0 Å². The second-order valence-electron chi connectivity index (χ2n) is 7.67. The van der Waals surface area contributed by atoms with E-state index in [4.69, 9.17) is 0 Å². The van der Waals surface area contributed by atoms with Crippen LogP contribution >= 0.6 is 11.3 Å². The van der Waals surface area contributed by atoms with Crippen LogP contribution < -0.4 is 0 Å². The van der Waals surface area contributed by atoms with E-state index in [1.165, 1.54) is 27.1 Å². The van der Waals surface area contributed by atoms with Crippen LogP contribution in [0.2, 0.25) is 0 Å². The van der Waals surface area contributed by atoms with Gasteiger partial charge in [-0.1, -0.05) is 42.5 Å². The highest BCUT2D eigenvalue weighted by molar-refractivity contribution is 7.10. The van der Waals surface area contributed by atoms with E-state index in [0.29, 0.717) is 32.4 Å². The molecule has 0 atom stereocenters. The van der Waals surface area contributed by atoms with Crippen molar-refractivity contribution in [1.29, 1.82) is 0 Å². The third-order valence-electron chi connectivity index (χ3n) is 5.31. The lowest BCUT2D eigenvalue weighted by Crippen LogP contribution is -2.45. The van der Waals surface area contributed by atoms with Crippen LogP contribution in [0, 0.1) is 13.8 Å². The minimum atomic E-state index is -0.532. The molecule has 0 aliphatic carbocycles. The lowest BCUT2D eigenvalue weighted by atomic mass is 9.95. The first-order chi connectivity index (χ1) is 15.4. The summed E-state index contributed by atoms with van der Waals surface area (Å²) in [6, 6.07) is 14.2. The molecule has 0 spiro atoms. The van der Waals surface area contributed by atoms with Gasteiger partial charge in [0.05, 0.1) is 13.7 Å². The molecule has 1 fully saturated rings. The Balaban J connectivity index is 0.000000387. The Bertz CT molecular complexity index is 1020. The summed E-state index contributed by atoms with van der Waals surface area (Å²) in [4.78, 5) is 18.0.